The van der Waals surface area contributed by atoms with Crippen molar-refractivity contribution in [2.75, 3.05) is 0 Å². The lowest BCUT2D eigenvalue weighted by molar-refractivity contribution is -0.128. The summed E-state index contributed by atoms with van der Waals surface area (Å²) in [6, 6.07) is 7.12. The fourth-order valence-electron chi connectivity index (χ4n) is 1.47. The van der Waals surface area contributed by atoms with E-state index in [2.05, 4.69) is 10.7 Å². The zero-order chi connectivity index (χ0) is 12.4. The summed E-state index contributed by atoms with van der Waals surface area (Å²) in [5.74, 6) is -0.970. The highest BCUT2D eigenvalue weighted by Crippen LogP contribution is 2.04. The lowest BCUT2D eigenvalue weighted by atomic mass is 10.2. The third-order valence-corrected chi connectivity index (χ3v) is 2.38. The van der Waals surface area contributed by atoms with Crippen LogP contribution in [0.2, 0.25) is 0 Å². The fourth-order valence-corrected chi connectivity index (χ4v) is 1.47. The number of hydrogen-bond donors (Lipinski definition) is 2. The molecule has 1 unspecified atom stereocenters. The largest absolute Gasteiger partial charge is 0.344 e. The lowest BCUT2D eigenvalue weighted by Crippen LogP contribution is -2.46. The van der Waals surface area contributed by atoms with Crippen molar-refractivity contribution in [3.05, 3.63) is 35.9 Å². The van der Waals surface area contributed by atoms with E-state index >= 15 is 0 Å². The fraction of sp³-hybridized carbons (Fsp3) is 0.182. The van der Waals surface area contributed by atoms with Crippen molar-refractivity contribution in [2.45, 2.75) is 13.0 Å². The van der Waals surface area contributed by atoms with Crippen LogP contribution in [0, 0.1) is 0 Å². The molecule has 88 valence electrons. The first-order chi connectivity index (χ1) is 8.09. The summed E-state index contributed by atoms with van der Waals surface area (Å²) in [5, 5.41) is 3.09. The van der Waals surface area contributed by atoms with Gasteiger partial charge < -0.3 is 5.32 Å². The number of urea groups is 1. The summed E-state index contributed by atoms with van der Waals surface area (Å²) in [6.07, 6.45) is 0. The maximum Gasteiger partial charge on any atom is 0.344 e. The summed E-state index contributed by atoms with van der Waals surface area (Å²) < 4.78 is 0. The molecule has 1 aliphatic rings. The molecule has 2 N–H and O–H groups in total. The van der Waals surface area contributed by atoms with Gasteiger partial charge >= 0.3 is 6.03 Å². The molecule has 6 heteroatoms. The van der Waals surface area contributed by atoms with E-state index in [0.29, 0.717) is 10.6 Å². The van der Waals surface area contributed by atoms with E-state index < -0.39 is 23.9 Å². The average Bonchev–Trinajstić information content (AvgIpc) is 2.57. The molecule has 1 aromatic rings. The van der Waals surface area contributed by atoms with E-state index in [1.807, 2.05) is 0 Å². The number of benzene rings is 1. The predicted octanol–water partition coefficient (Wildman–Crippen LogP) is 0.272. The predicted molar refractivity (Wildman–Crippen MR) is 58.7 cm³/mol. The van der Waals surface area contributed by atoms with Crippen LogP contribution in [0.1, 0.15) is 17.3 Å². The SMILES string of the molecule is CC1NC(=O)N(NC(=O)c2ccccc2)C1=O. The van der Waals surface area contributed by atoms with Crippen LogP contribution in [-0.4, -0.2) is 28.9 Å². The normalized spacial score (nSPS) is 19.1. The Kier molecular flexibility index (Phi) is 2.78. The molecule has 0 aliphatic carbocycles. The number of amides is 4. The van der Waals surface area contributed by atoms with Crippen LogP contribution in [0.3, 0.4) is 0 Å². The third-order valence-electron chi connectivity index (χ3n) is 2.38. The Morgan fingerprint density at radius 2 is 1.94 bits per heavy atom. The molecule has 0 saturated carbocycles. The Hall–Kier alpha value is -2.37. The van der Waals surface area contributed by atoms with Crippen LogP contribution in [0.15, 0.2) is 30.3 Å². The molecule has 4 amide bonds. The van der Waals surface area contributed by atoms with Gasteiger partial charge in [-0.2, -0.15) is 5.01 Å². The van der Waals surface area contributed by atoms with Gasteiger partial charge in [0.2, 0.25) is 0 Å². The average molecular weight is 233 g/mol. The molecule has 1 aromatic carbocycles. The Balaban J connectivity index is 2.10. The minimum Gasteiger partial charge on any atom is -0.325 e. The van der Waals surface area contributed by atoms with Gasteiger partial charge in [-0.15, -0.1) is 0 Å². The molecule has 2 rings (SSSR count). The van der Waals surface area contributed by atoms with Crippen LogP contribution in [0.25, 0.3) is 0 Å². The number of nitrogens with zero attached hydrogens (tertiary/aromatic N) is 1. The third kappa shape index (κ3) is 2.10. The second-order valence-corrected chi connectivity index (χ2v) is 3.65. The number of imide groups is 1. The second-order valence-electron chi connectivity index (χ2n) is 3.65. The first kappa shape index (κ1) is 11.1. The zero-order valence-corrected chi connectivity index (χ0v) is 9.14. The van der Waals surface area contributed by atoms with Crippen LogP contribution in [0.4, 0.5) is 4.79 Å². The van der Waals surface area contributed by atoms with Gasteiger partial charge in [0.1, 0.15) is 6.04 Å². The minimum atomic E-state index is -0.619. The van der Waals surface area contributed by atoms with Gasteiger partial charge in [0.05, 0.1) is 0 Å². The molecule has 6 nitrogen and oxygen atoms in total. The number of nitrogens with one attached hydrogen (secondary N) is 2. The molecule has 0 radical (unpaired) electrons. The molecule has 0 spiro atoms. The number of hydrogen-bond acceptors (Lipinski definition) is 3. The van der Waals surface area contributed by atoms with Crippen molar-refractivity contribution in [2.24, 2.45) is 0 Å². The van der Waals surface area contributed by atoms with Crippen LogP contribution >= 0.6 is 0 Å². The van der Waals surface area contributed by atoms with E-state index in [1.54, 1.807) is 37.3 Å². The number of carbonyl (C=O) groups is 3. The highest BCUT2D eigenvalue weighted by atomic mass is 16.2. The molecule has 1 atom stereocenters. The molecule has 1 aliphatic heterocycles. The quantitative estimate of drug-likeness (QED) is 0.720. The first-order valence-corrected chi connectivity index (χ1v) is 5.10. The summed E-state index contributed by atoms with van der Waals surface area (Å²) in [5.41, 5.74) is 2.64. The number of carbonyl (C=O) groups excluding carboxylic acids is 3. The van der Waals surface area contributed by atoms with Crippen LogP contribution < -0.4 is 10.7 Å². The van der Waals surface area contributed by atoms with Crippen LogP contribution in [-0.2, 0) is 4.79 Å². The highest BCUT2D eigenvalue weighted by Gasteiger charge is 2.36. The Morgan fingerprint density at radius 1 is 1.29 bits per heavy atom. The molecule has 0 aromatic heterocycles. The smallest absolute Gasteiger partial charge is 0.325 e. The number of hydrazine groups is 1. The summed E-state index contributed by atoms with van der Waals surface area (Å²) in [7, 11) is 0. The van der Waals surface area contributed by atoms with E-state index in [0.717, 1.165) is 0 Å². The topological polar surface area (TPSA) is 78.5 Å². The monoisotopic (exact) mass is 233 g/mol. The van der Waals surface area contributed by atoms with E-state index in [9.17, 15) is 14.4 Å². The zero-order valence-electron chi connectivity index (χ0n) is 9.14. The van der Waals surface area contributed by atoms with E-state index in [1.165, 1.54) is 0 Å². The van der Waals surface area contributed by atoms with Crippen molar-refractivity contribution >= 4 is 17.8 Å². The van der Waals surface area contributed by atoms with Crippen molar-refractivity contribution in [3.63, 3.8) is 0 Å². The summed E-state index contributed by atoms with van der Waals surface area (Å²) >= 11 is 0. The molecular formula is C11H11N3O3. The van der Waals surface area contributed by atoms with Crippen molar-refractivity contribution < 1.29 is 14.4 Å². The Labute approximate surface area is 97.6 Å². The number of rotatable bonds is 2. The maximum absolute atomic E-state index is 11.7. The van der Waals surface area contributed by atoms with Gasteiger partial charge in [-0.05, 0) is 19.1 Å². The minimum absolute atomic E-state index is 0.382. The molecule has 1 fully saturated rings. The van der Waals surface area contributed by atoms with Crippen LogP contribution in [0.5, 0.6) is 0 Å². The lowest BCUT2D eigenvalue weighted by Gasteiger charge is -2.13. The molecule has 1 saturated heterocycles. The van der Waals surface area contributed by atoms with Gasteiger partial charge in [0, 0.05) is 5.56 Å². The standard InChI is InChI=1S/C11H11N3O3/c1-7-10(16)14(11(17)12-7)13-9(15)8-5-3-2-4-6-8/h2-7H,1H3,(H,12,17)(H,13,15). The van der Waals surface area contributed by atoms with Gasteiger partial charge in [0.25, 0.3) is 11.8 Å². The molecule has 1 heterocycles. The molecule has 0 bridgehead atoms. The Morgan fingerprint density at radius 3 is 2.47 bits per heavy atom. The van der Waals surface area contributed by atoms with Crippen molar-refractivity contribution in [1.82, 2.24) is 15.8 Å². The highest BCUT2D eigenvalue weighted by molar-refractivity contribution is 6.06. The molecule has 17 heavy (non-hydrogen) atoms. The van der Waals surface area contributed by atoms with Gasteiger partial charge in [-0.3, -0.25) is 15.0 Å². The van der Waals surface area contributed by atoms with Gasteiger partial charge in [-0.25, -0.2) is 4.79 Å². The van der Waals surface area contributed by atoms with Gasteiger partial charge in [-0.1, -0.05) is 18.2 Å². The van der Waals surface area contributed by atoms with E-state index in [4.69, 9.17) is 0 Å². The van der Waals surface area contributed by atoms with Gasteiger partial charge in [0.15, 0.2) is 0 Å². The summed E-state index contributed by atoms with van der Waals surface area (Å²) in [4.78, 5) is 34.6. The molecular weight excluding hydrogens is 222 g/mol. The maximum atomic E-state index is 11.7. The first-order valence-electron chi connectivity index (χ1n) is 5.10. The summed E-state index contributed by atoms with van der Waals surface area (Å²) in [6.45, 7) is 1.55. The van der Waals surface area contributed by atoms with E-state index in [-0.39, 0.29) is 0 Å². The van der Waals surface area contributed by atoms with Crippen molar-refractivity contribution in [3.8, 4) is 0 Å². The Bertz CT molecular complexity index is 472. The second kappa shape index (κ2) is 4.25. The van der Waals surface area contributed by atoms with Crippen molar-refractivity contribution in [1.29, 1.82) is 0 Å².